The van der Waals surface area contributed by atoms with Crippen molar-refractivity contribution in [1.82, 2.24) is 24.9 Å². The molecule has 216 valence electrons. The standard InChI is InChI=1S/C16H17N3.C13H14N4S.2C2H6/c1-2-12-6-8-13(9-7-12)10-17-16-14-4-3-5-15(14)18-11-19-16;1-2-12-14-6-9(18-12)7-15-13-10-4-3-5-11(10)16-8-17-13;2*1-2/h3,5-9,11H,2,4,10H2,1H3,(H,17,18,19);3,5-6,8H,2,4,7H2,1H3,(H,15,16,17);2*1-2H3. The maximum Gasteiger partial charge on any atom is 0.133 e. The fourth-order valence-corrected chi connectivity index (χ4v) is 5.07. The number of hydrogen-bond acceptors (Lipinski definition) is 8. The molecule has 0 bridgehead atoms. The van der Waals surface area contributed by atoms with Gasteiger partial charge in [-0.05, 0) is 49.0 Å². The number of allylic oxidation sites excluding steroid dienone is 2. The van der Waals surface area contributed by atoms with Crippen LogP contribution in [0.3, 0.4) is 0 Å². The van der Waals surface area contributed by atoms with Gasteiger partial charge in [-0.1, -0.05) is 78.0 Å². The second-order valence-electron chi connectivity index (χ2n) is 8.84. The summed E-state index contributed by atoms with van der Waals surface area (Å²) in [7, 11) is 0. The molecule has 41 heavy (non-hydrogen) atoms. The van der Waals surface area contributed by atoms with Crippen molar-refractivity contribution in [3.05, 3.63) is 98.8 Å². The van der Waals surface area contributed by atoms with Gasteiger partial charge in [0, 0.05) is 28.7 Å². The molecule has 1 aromatic carbocycles. The van der Waals surface area contributed by atoms with E-state index in [0.29, 0.717) is 0 Å². The highest BCUT2D eigenvalue weighted by Gasteiger charge is 2.13. The fourth-order valence-electron chi connectivity index (χ4n) is 4.27. The molecule has 0 spiro atoms. The van der Waals surface area contributed by atoms with Gasteiger partial charge in [0.15, 0.2) is 0 Å². The van der Waals surface area contributed by atoms with Crippen LogP contribution in [0, 0.1) is 0 Å². The molecule has 0 saturated heterocycles. The Morgan fingerprint density at radius 3 is 1.71 bits per heavy atom. The molecule has 0 amide bonds. The number of benzene rings is 1. The third-order valence-electron chi connectivity index (χ3n) is 6.38. The Hall–Kier alpha value is -3.91. The van der Waals surface area contributed by atoms with E-state index in [1.807, 2.05) is 40.0 Å². The van der Waals surface area contributed by atoms with Crippen molar-refractivity contribution >= 4 is 35.1 Å². The fraction of sp³-hybridized carbons (Fsp3) is 0.364. The first kappa shape index (κ1) is 31.6. The van der Waals surface area contributed by atoms with Crippen LogP contribution in [0.25, 0.3) is 12.2 Å². The van der Waals surface area contributed by atoms with Crippen molar-refractivity contribution in [2.24, 2.45) is 0 Å². The van der Waals surface area contributed by atoms with E-state index in [1.165, 1.54) is 32.1 Å². The van der Waals surface area contributed by atoms with Crippen LogP contribution in [0.4, 0.5) is 11.6 Å². The number of anilines is 2. The minimum atomic E-state index is 0.779. The molecule has 3 heterocycles. The summed E-state index contributed by atoms with van der Waals surface area (Å²) < 4.78 is 0. The number of thiazole rings is 1. The largest absolute Gasteiger partial charge is 0.366 e. The highest BCUT2D eigenvalue weighted by Crippen LogP contribution is 2.25. The number of aromatic nitrogens is 5. The predicted octanol–water partition coefficient (Wildman–Crippen LogP) is 7.95. The molecule has 0 fully saturated rings. The van der Waals surface area contributed by atoms with Crippen LogP contribution in [0.2, 0.25) is 0 Å². The Morgan fingerprint density at radius 1 is 0.659 bits per heavy atom. The maximum atomic E-state index is 4.35. The van der Waals surface area contributed by atoms with E-state index in [1.54, 1.807) is 24.0 Å². The Labute approximate surface area is 249 Å². The molecule has 3 aromatic heterocycles. The van der Waals surface area contributed by atoms with Crippen LogP contribution in [0.15, 0.2) is 55.3 Å². The van der Waals surface area contributed by atoms with Crippen LogP contribution in [-0.2, 0) is 38.8 Å². The summed E-state index contributed by atoms with van der Waals surface area (Å²) in [6.45, 7) is 13.9. The van der Waals surface area contributed by atoms with E-state index in [-0.39, 0.29) is 0 Å². The summed E-state index contributed by atoms with van der Waals surface area (Å²) in [5.41, 5.74) is 7.11. The second kappa shape index (κ2) is 17.0. The van der Waals surface area contributed by atoms with E-state index < -0.39 is 0 Å². The highest BCUT2D eigenvalue weighted by molar-refractivity contribution is 7.11. The second-order valence-corrected chi connectivity index (χ2v) is 10.0. The normalized spacial score (nSPS) is 11.7. The Balaban J connectivity index is 0.000000202. The zero-order chi connectivity index (χ0) is 29.5. The van der Waals surface area contributed by atoms with Gasteiger partial charge in [-0.25, -0.2) is 24.9 Å². The first-order valence-corrected chi connectivity index (χ1v) is 15.5. The zero-order valence-corrected chi connectivity index (χ0v) is 26.1. The van der Waals surface area contributed by atoms with Crippen molar-refractivity contribution in [2.75, 3.05) is 10.6 Å². The van der Waals surface area contributed by atoms with E-state index in [9.17, 15) is 0 Å². The van der Waals surface area contributed by atoms with Gasteiger partial charge in [0.1, 0.15) is 24.3 Å². The summed E-state index contributed by atoms with van der Waals surface area (Å²) >= 11 is 1.75. The number of nitrogens with zero attached hydrogens (tertiary/aromatic N) is 5. The Bertz CT molecular complexity index is 1410. The van der Waals surface area contributed by atoms with Gasteiger partial charge >= 0.3 is 0 Å². The molecule has 0 atom stereocenters. The van der Waals surface area contributed by atoms with Crippen LogP contribution in [-0.4, -0.2) is 24.9 Å². The van der Waals surface area contributed by atoms with Crippen LogP contribution in [0.5, 0.6) is 0 Å². The lowest BCUT2D eigenvalue weighted by Gasteiger charge is -2.10. The number of nitrogens with one attached hydrogen (secondary N) is 2. The molecule has 2 aliphatic carbocycles. The predicted molar refractivity (Wildman–Crippen MR) is 174 cm³/mol. The van der Waals surface area contributed by atoms with Gasteiger partial charge in [0.2, 0.25) is 0 Å². The molecule has 7 nitrogen and oxygen atoms in total. The molecule has 0 saturated carbocycles. The minimum absolute atomic E-state index is 0.779. The van der Waals surface area contributed by atoms with Crippen molar-refractivity contribution in [3.8, 4) is 0 Å². The molecular formula is C33H43N7S. The molecular weight excluding hydrogens is 526 g/mol. The number of hydrogen-bond donors (Lipinski definition) is 2. The topological polar surface area (TPSA) is 88.5 Å². The lowest BCUT2D eigenvalue weighted by atomic mass is 10.1. The van der Waals surface area contributed by atoms with Crippen LogP contribution < -0.4 is 10.6 Å². The van der Waals surface area contributed by atoms with Crippen LogP contribution in [0.1, 0.15) is 85.1 Å². The van der Waals surface area contributed by atoms with Crippen molar-refractivity contribution < 1.29 is 0 Å². The average molecular weight is 570 g/mol. The van der Waals surface area contributed by atoms with Crippen molar-refractivity contribution in [2.45, 2.75) is 80.3 Å². The summed E-state index contributed by atoms with van der Waals surface area (Å²) in [6, 6.07) is 8.71. The van der Waals surface area contributed by atoms with Gasteiger partial charge in [0.05, 0.1) is 22.9 Å². The molecule has 6 rings (SSSR count). The summed E-state index contributed by atoms with van der Waals surface area (Å²) in [6.07, 6.45) is 17.4. The third-order valence-corrected chi connectivity index (χ3v) is 7.52. The quantitative estimate of drug-likeness (QED) is 0.223. The van der Waals surface area contributed by atoms with Gasteiger partial charge in [-0.3, -0.25) is 0 Å². The molecule has 2 N–H and O–H groups in total. The first-order valence-electron chi connectivity index (χ1n) is 14.7. The molecule has 0 aliphatic heterocycles. The molecule has 0 unspecified atom stereocenters. The first-order chi connectivity index (χ1) is 20.2. The summed E-state index contributed by atoms with van der Waals surface area (Å²) in [5, 5.41) is 7.97. The molecule has 0 radical (unpaired) electrons. The average Bonchev–Trinajstić information content (AvgIpc) is 3.83. The van der Waals surface area contributed by atoms with Gasteiger partial charge < -0.3 is 10.6 Å². The van der Waals surface area contributed by atoms with Gasteiger partial charge in [-0.2, -0.15) is 0 Å². The Morgan fingerprint density at radius 2 is 1.20 bits per heavy atom. The van der Waals surface area contributed by atoms with E-state index in [4.69, 9.17) is 0 Å². The molecule has 2 aliphatic rings. The molecule has 4 aromatic rings. The zero-order valence-electron chi connectivity index (χ0n) is 25.2. The highest BCUT2D eigenvalue weighted by atomic mass is 32.1. The maximum absolute atomic E-state index is 4.35. The lowest BCUT2D eigenvalue weighted by Crippen LogP contribution is -2.05. The third kappa shape index (κ3) is 8.79. The number of aryl methyl sites for hydroxylation is 2. The molecule has 8 heteroatoms. The Kier molecular flexibility index (Phi) is 13.1. The van der Waals surface area contributed by atoms with Gasteiger partial charge in [0.25, 0.3) is 0 Å². The van der Waals surface area contributed by atoms with E-state index >= 15 is 0 Å². The lowest BCUT2D eigenvalue weighted by molar-refractivity contribution is 1.04. The van der Waals surface area contributed by atoms with Gasteiger partial charge in [-0.15, -0.1) is 11.3 Å². The SMILES string of the molecule is CC.CC.CCc1ccc(CNc2ncnc3c2CC=C3)cc1.CCc1ncc(CNc2ncnc3c2CC=C3)s1. The van der Waals surface area contributed by atoms with Crippen molar-refractivity contribution in [1.29, 1.82) is 0 Å². The number of fused-ring (bicyclic) bond motifs is 2. The number of rotatable bonds is 8. The minimum Gasteiger partial charge on any atom is -0.366 e. The van der Waals surface area contributed by atoms with Crippen LogP contribution >= 0.6 is 11.3 Å². The smallest absolute Gasteiger partial charge is 0.133 e. The summed E-state index contributed by atoms with van der Waals surface area (Å²) in [4.78, 5) is 22.7. The van der Waals surface area contributed by atoms with E-state index in [0.717, 1.165) is 61.8 Å². The van der Waals surface area contributed by atoms with Crippen molar-refractivity contribution in [3.63, 3.8) is 0 Å². The van der Waals surface area contributed by atoms with E-state index in [2.05, 4.69) is 91.9 Å². The monoisotopic (exact) mass is 569 g/mol. The summed E-state index contributed by atoms with van der Waals surface area (Å²) in [5.74, 6) is 1.89.